The van der Waals surface area contributed by atoms with Crippen molar-refractivity contribution >= 4 is 6.29 Å². The van der Waals surface area contributed by atoms with Crippen molar-refractivity contribution in [1.29, 1.82) is 0 Å². The van der Waals surface area contributed by atoms with Crippen LogP contribution in [-0.2, 0) is 4.79 Å². The monoisotopic (exact) mass is 195 g/mol. The molecule has 0 fully saturated rings. The summed E-state index contributed by atoms with van der Waals surface area (Å²) >= 11 is 0. The fraction of sp³-hybridized carbons (Fsp3) is 0.833. The minimum atomic E-state index is -2.63. The highest BCUT2D eigenvalue weighted by Gasteiger charge is 2.42. The van der Waals surface area contributed by atoms with Gasteiger partial charge in [0.2, 0.25) is 0 Å². The van der Waals surface area contributed by atoms with Crippen molar-refractivity contribution in [2.75, 3.05) is 6.61 Å². The van der Waals surface area contributed by atoms with E-state index >= 15 is 0 Å². The minimum Gasteiger partial charge on any atom is -0.394 e. The number of carbonyl (C=O) groups excluding carboxylic acids is 1. The highest BCUT2D eigenvalue weighted by molar-refractivity contribution is 5.57. The van der Waals surface area contributed by atoms with Crippen LogP contribution in [0.2, 0.25) is 0 Å². The van der Waals surface area contributed by atoms with Gasteiger partial charge in [0.15, 0.2) is 12.0 Å². The third-order valence-electron chi connectivity index (χ3n) is 1.64. The topological polar surface area (TPSA) is 144 Å². The largest absolute Gasteiger partial charge is 0.394 e. The molecule has 0 aromatic carbocycles. The van der Waals surface area contributed by atoms with Gasteiger partial charge in [-0.25, -0.2) is 0 Å². The van der Waals surface area contributed by atoms with Crippen molar-refractivity contribution in [1.82, 2.24) is 0 Å². The summed E-state index contributed by atoms with van der Waals surface area (Å²) in [6.07, 6.45) is -5.88. The van der Waals surface area contributed by atoms with Crippen LogP contribution in [0.25, 0.3) is 0 Å². The predicted molar refractivity (Wildman–Crippen MR) is 40.3 cm³/mol. The molecular weight excluding hydrogens is 182 g/mol. The molecule has 0 aliphatic heterocycles. The number of carbonyl (C=O) groups is 1. The van der Waals surface area contributed by atoms with Crippen molar-refractivity contribution in [3.8, 4) is 0 Å². The van der Waals surface area contributed by atoms with E-state index in [4.69, 9.17) is 31.3 Å². The van der Waals surface area contributed by atoms with Gasteiger partial charge in [-0.3, -0.25) is 5.73 Å². The molecule has 0 aromatic heterocycles. The van der Waals surface area contributed by atoms with Gasteiger partial charge < -0.3 is 30.3 Å². The summed E-state index contributed by atoms with van der Waals surface area (Å²) in [6.45, 7) is -0.907. The van der Waals surface area contributed by atoms with Crippen molar-refractivity contribution in [2.24, 2.45) is 5.73 Å². The molecule has 0 aliphatic carbocycles. The van der Waals surface area contributed by atoms with Gasteiger partial charge in [0.05, 0.1) is 6.61 Å². The zero-order valence-electron chi connectivity index (χ0n) is 6.74. The van der Waals surface area contributed by atoms with Crippen LogP contribution in [0.15, 0.2) is 0 Å². The maximum absolute atomic E-state index is 9.98. The lowest BCUT2D eigenvalue weighted by molar-refractivity contribution is -0.181. The summed E-state index contributed by atoms with van der Waals surface area (Å²) in [6, 6.07) is 0. The van der Waals surface area contributed by atoms with Crippen molar-refractivity contribution in [3.05, 3.63) is 0 Å². The van der Waals surface area contributed by atoms with Crippen LogP contribution in [0, 0.1) is 0 Å². The fourth-order valence-electron chi connectivity index (χ4n) is 0.691. The molecule has 7 nitrogen and oxygen atoms in total. The summed E-state index contributed by atoms with van der Waals surface area (Å²) in [4.78, 5) is 9.98. The van der Waals surface area contributed by atoms with Crippen LogP contribution in [0.4, 0.5) is 0 Å². The maximum atomic E-state index is 9.98. The Morgan fingerprint density at radius 1 is 1.38 bits per heavy atom. The standard InChI is InChI=1S/C6H13NO6/c7-6(13,4(11)2-9)5(12)3(10)1-8/h1,3-5,9-13H,2,7H2/t3?,4?,5?,6-/m0/s1. The van der Waals surface area contributed by atoms with Gasteiger partial charge in [0, 0.05) is 0 Å². The number of aliphatic hydroxyl groups excluding tert-OH is 4. The van der Waals surface area contributed by atoms with E-state index < -0.39 is 30.6 Å². The summed E-state index contributed by atoms with van der Waals surface area (Å²) in [5.41, 5.74) is 2.34. The summed E-state index contributed by atoms with van der Waals surface area (Å²) in [5, 5.41) is 44.2. The highest BCUT2D eigenvalue weighted by atomic mass is 16.4. The van der Waals surface area contributed by atoms with Gasteiger partial charge >= 0.3 is 0 Å². The molecule has 78 valence electrons. The van der Waals surface area contributed by atoms with Gasteiger partial charge in [0.1, 0.15) is 18.3 Å². The van der Waals surface area contributed by atoms with E-state index in [9.17, 15) is 4.79 Å². The van der Waals surface area contributed by atoms with E-state index in [1.54, 1.807) is 0 Å². The Labute approximate surface area is 74.0 Å². The lowest BCUT2D eigenvalue weighted by atomic mass is 9.97. The number of aliphatic hydroxyl groups is 5. The van der Waals surface area contributed by atoms with Crippen molar-refractivity contribution in [2.45, 2.75) is 24.0 Å². The molecule has 0 aliphatic rings. The normalized spacial score (nSPS) is 22.9. The van der Waals surface area contributed by atoms with Gasteiger partial charge in [-0.15, -0.1) is 0 Å². The Bertz CT molecular complexity index is 173. The maximum Gasteiger partial charge on any atom is 0.171 e. The second kappa shape index (κ2) is 4.61. The molecule has 7 heteroatoms. The smallest absolute Gasteiger partial charge is 0.171 e. The number of hydrogen-bond donors (Lipinski definition) is 6. The quantitative estimate of drug-likeness (QED) is 0.193. The molecule has 0 rings (SSSR count). The Balaban J connectivity index is 4.51. The second-order valence-corrected chi connectivity index (χ2v) is 2.66. The first-order valence-electron chi connectivity index (χ1n) is 3.49. The predicted octanol–water partition coefficient (Wildman–Crippen LogP) is -4.09. The number of aldehydes is 1. The van der Waals surface area contributed by atoms with Crippen LogP contribution in [0.3, 0.4) is 0 Å². The highest BCUT2D eigenvalue weighted by Crippen LogP contribution is 2.11. The van der Waals surface area contributed by atoms with Crippen LogP contribution in [0.1, 0.15) is 0 Å². The lowest BCUT2D eigenvalue weighted by Gasteiger charge is -2.33. The van der Waals surface area contributed by atoms with Crippen molar-refractivity contribution < 1.29 is 30.3 Å². The van der Waals surface area contributed by atoms with Gasteiger partial charge in [-0.1, -0.05) is 0 Å². The molecule has 0 saturated carbocycles. The Hall–Kier alpha value is -0.570. The van der Waals surface area contributed by atoms with Crippen LogP contribution in [-0.4, -0.2) is 62.5 Å². The van der Waals surface area contributed by atoms with E-state index in [1.165, 1.54) is 0 Å². The minimum absolute atomic E-state index is 0.0490. The average molecular weight is 195 g/mol. The van der Waals surface area contributed by atoms with Gasteiger partial charge in [-0.2, -0.15) is 0 Å². The Kier molecular flexibility index (Phi) is 4.40. The van der Waals surface area contributed by atoms with E-state index in [-0.39, 0.29) is 6.29 Å². The van der Waals surface area contributed by atoms with E-state index in [2.05, 4.69) is 0 Å². The molecular formula is C6H13NO6. The molecule has 13 heavy (non-hydrogen) atoms. The third-order valence-corrected chi connectivity index (χ3v) is 1.64. The first-order valence-corrected chi connectivity index (χ1v) is 3.49. The fourth-order valence-corrected chi connectivity index (χ4v) is 0.691. The molecule has 0 amide bonds. The zero-order chi connectivity index (χ0) is 10.6. The van der Waals surface area contributed by atoms with Gasteiger partial charge in [0.25, 0.3) is 0 Å². The molecule has 0 bridgehead atoms. The molecule has 0 aromatic rings. The molecule has 4 atom stereocenters. The summed E-state index contributed by atoms with van der Waals surface area (Å²) in [7, 11) is 0. The Morgan fingerprint density at radius 3 is 2.15 bits per heavy atom. The van der Waals surface area contributed by atoms with Crippen LogP contribution < -0.4 is 5.73 Å². The number of rotatable bonds is 5. The third kappa shape index (κ3) is 2.69. The lowest BCUT2D eigenvalue weighted by Crippen LogP contribution is -2.64. The molecule has 7 N–H and O–H groups in total. The SMILES string of the molecule is N[C@](O)(C(O)CO)C(O)C(O)C=O. The average Bonchev–Trinajstić information content (AvgIpc) is 2.13. The molecule has 0 spiro atoms. The summed E-state index contributed by atoms with van der Waals surface area (Å²) in [5.74, 6) is 0. The van der Waals surface area contributed by atoms with Gasteiger partial charge in [-0.05, 0) is 0 Å². The molecule has 3 unspecified atom stereocenters. The van der Waals surface area contributed by atoms with Crippen molar-refractivity contribution in [3.63, 3.8) is 0 Å². The second-order valence-electron chi connectivity index (χ2n) is 2.66. The van der Waals surface area contributed by atoms with Crippen LogP contribution in [0.5, 0.6) is 0 Å². The van der Waals surface area contributed by atoms with Crippen LogP contribution >= 0.6 is 0 Å². The Morgan fingerprint density at radius 2 is 1.85 bits per heavy atom. The first-order chi connectivity index (χ1) is 5.87. The molecule has 0 saturated heterocycles. The summed E-state index contributed by atoms with van der Waals surface area (Å²) < 4.78 is 0. The van der Waals surface area contributed by atoms with E-state index in [0.717, 1.165) is 0 Å². The number of hydrogen-bond acceptors (Lipinski definition) is 7. The van der Waals surface area contributed by atoms with E-state index in [1.807, 2.05) is 0 Å². The molecule has 0 heterocycles. The first kappa shape index (κ1) is 12.4. The van der Waals surface area contributed by atoms with E-state index in [0.29, 0.717) is 0 Å². The zero-order valence-corrected chi connectivity index (χ0v) is 6.74. The molecule has 0 radical (unpaired) electrons. The number of nitrogens with two attached hydrogens (primary N) is 1.